The summed E-state index contributed by atoms with van der Waals surface area (Å²) in [5, 5.41) is 6.78. The van der Waals surface area contributed by atoms with E-state index < -0.39 is 17.5 Å². The molecule has 2 aromatic carbocycles. The summed E-state index contributed by atoms with van der Waals surface area (Å²) in [5.41, 5.74) is 0.767. The third-order valence-electron chi connectivity index (χ3n) is 5.99. The lowest BCUT2D eigenvalue weighted by Crippen LogP contribution is -2.48. The van der Waals surface area contributed by atoms with Gasteiger partial charge in [0, 0.05) is 53.8 Å². The molecule has 0 saturated carbocycles. The highest BCUT2D eigenvalue weighted by atomic mass is 16.5. The molecule has 1 atom stereocenters. The first-order valence-corrected chi connectivity index (χ1v) is 10.4. The molecule has 2 N–H and O–H groups in total. The Morgan fingerprint density at radius 2 is 2.06 bits per heavy atom. The highest BCUT2D eigenvalue weighted by molar-refractivity contribution is 6.09. The Kier molecular flexibility index (Phi) is 4.94. The maximum atomic E-state index is 12.9. The molecule has 0 bridgehead atoms. The van der Waals surface area contributed by atoms with Crippen LogP contribution < -0.4 is 15.4 Å². The van der Waals surface area contributed by atoms with Crippen LogP contribution in [0, 0.1) is 11.8 Å². The maximum Gasteiger partial charge on any atom is 0.323 e. The number of benzene rings is 2. The molecule has 3 aromatic rings. The summed E-state index contributed by atoms with van der Waals surface area (Å²) < 4.78 is 5.22. The predicted octanol–water partition coefficient (Wildman–Crippen LogP) is 2.22. The average Bonchev–Trinajstić information content (AvgIpc) is 3.30. The molecule has 33 heavy (non-hydrogen) atoms. The number of nitrogens with one attached hydrogen (secondary N) is 2. The van der Waals surface area contributed by atoms with Gasteiger partial charge in [0.2, 0.25) is 0 Å². The van der Waals surface area contributed by atoms with Crippen LogP contribution in [0.3, 0.4) is 0 Å². The fourth-order valence-electron chi connectivity index (χ4n) is 4.17. The van der Waals surface area contributed by atoms with E-state index in [1.807, 2.05) is 36.4 Å². The molecule has 0 radical (unpaired) electrons. The number of carbonyl (C=O) groups is 3. The maximum absolute atomic E-state index is 12.9. The second kappa shape index (κ2) is 7.95. The van der Waals surface area contributed by atoms with Gasteiger partial charge in [-0.2, -0.15) is 0 Å². The van der Waals surface area contributed by atoms with E-state index in [1.54, 1.807) is 30.5 Å². The smallest absolute Gasteiger partial charge is 0.323 e. The van der Waals surface area contributed by atoms with E-state index in [4.69, 9.17) is 4.74 Å². The van der Waals surface area contributed by atoms with Gasteiger partial charge in [-0.1, -0.05) is 30.0 Å². The first-order chi connectivity index (χ1) is 16.0. The number of ether oxygens (including phenoxy) is 1. The van der Waals surface area contributed by atoms with Crippen LogP contribution in [0.1, 0.15) is 27.9 Å². The molecular weight excluding hydrogens is 420 g/mol. The zero-order valence-corrected chi connectivity index (χ0v) is 17.8. The third-order valence-corrected chi connectivity index (χ3v) is 5.99. The number of hydrogen-bond acceptors (Lipinski definition) is 5. The Bertz CT molecular complexity index is 1370. The largest absolute Gasteiger partial charge is 0.497 e. The lowest BCUT2D eigenvalue weighted by Gasteiger charge is -2.23. The monoisotopic (exact) mass is 440 g/mol. The highest BCUT2D eigenvalue weighted by Crippen LogP contribution is 2.28. The van der Waals surface area contributed by atoms with Crippen molar-refractivity contribution >= 4 is 28.6 Å². The number of imide groups is 1. The van der Waals surface area contributed by atoms with Crippen LogP contribution in [0.2, 0.25) is 0 Å². The first kappa shape index (κ1) is 20.5. The van der Waals surface area contributed by atoms with Gasteiger partial charge in [-0.05, 0) is 29.8 Å². The van der Waals surface area contributed by atoms with Crippen LogP contribution in [0.5, 0.6) is 5.75 Å². The van der Waals surface area contributed by atoms with Gasteiger partial charge in [0.05, 0.1) is 7.11 Å². The van der Waals surface area contributed by atoms with Crippen LogP contribution >= 0.6 is 0 Å². The number of pyridine rings is 1. The lowest BCUT2D eigenvalue weighted by molar-refractivity contribution is -0.122. The van der Waals surface area contributed by atoms with Crippen LogP contribution in [0.4, 0.5) is 4.79 Å². The summed E-state index contributed by atoms with van der Waals surface area (Å²) in [6, 6.07) is 12.3. The molecule has 4 amide bonds. The van der Waals surface area contributed by atoms with Crippen molar-refractivity contribution in [2.45, 2.75) is 18.5 Å². The van der Waals surface area contributed by atoms with E-state index in [1.165, 1.54) is 0 Å². The second-order valence-electron chi connectivity index (χ2n) is 7.97. The van der Waals surface area contributed by atoms with Crippen molar-refractivity contribution in [1.29, 1.82) is 0 Å². The minimum absolute atomic E-state index is 0.140. The number of rotatable bonds is 4. The molecule has 5 rings (SSSR count). The first-order valence-electron chi connectivity index (χ1n) is 10.4. The summed E-state index contributed by atoms with van der Waals surface area (Å²) in [6.45, 7) is 0.672. The van der Waals surface area contributed by atoms with Crippen molar-refractivity contribution in [3.05, 3.63) is 71.5 Å². The Balaban J connectivity index is 1.42. The predicted molar refractivity (Wildman–Crippen MR) is 120 cm³/mol. The molecule has 8 nitrogen and oxygen atoms in total. The van der Waals surface area contributed by atoms with Gasteiger partial charge in [0.15, 0.2) is 5.54 Å². The quantitative estimate of drug-likeness (QED) is 0.479. The van der Waals surface area contributed by atoms with Crippen molar-refractivity contribution < 1.29 is 19.1 Å². The van der Waals surface area contributed by atoms with Gasteiger partial charge >= 0.3 is 6.03 Å². The van der Waals surface area contributed by atoms with Gasteiger partial charge < -0.3 is 15.0 Å². The van der Waals surface area contributed by atoms with Gasteiger partial charge in [-0.3, -0.25) is 19.9 Å². The summed E-state index contributed by atoms with van der Waals surface area (Å²) in [6.07, 6.45) is 3.58. The van der Waals surface area contributed by atoms with Crippen molar-refractivity contribution in [2.24, 2.45) is 0 Å². The summed E-state index contributed by atoms with van der Waals surface area (Å²) in [7, 11) is 1.55. The fourth-order valence-corrected chi connectivity index (χ4v) is 4.17. The average molecular weight is 440 g/mol. The number of nitrogens with zero attached hydrogens (tertiary/aromatic N) is 2. The van der Waals surface area contributed by atoms with E-state index in [0.29, 0.717) is 17.9 Å². The molecule has 1 aromatic heterocycles. The van der Waals surface area contributed by atoms with Crippen LogP contribution in [-0.2, 0) is 11.3 Å². The zero-order chi connectivity index (χ0) is 23.0. The van der Waals surface area contributed by atoms with Crippen molar-refractivity contribution in [2.75, 3.05) is 13.7 Å². The van der Waals surface area contributed by atoms with Crippen molar-refractivity contribution in [3.8, 4) is 17.6 Å². The minimum atomic E-state index is -1.43. The molecule has 8 heteroatoms. The van der Waals surface area contributed by atoms with E-state index in [2.05, 4.69) is 27.5 Å². The van der Waals surface area contributed by atoms with E-state index in [9.17, 15) is 14.4 Å². The lowest BCUT2D eigenvalue weighted by atomic mass is 9.94. The number of methoxy groups -OCH3 is 1. The number of urea groups is 1. The summed E-state index contributed by atoms with van der Waals surface area (Å²) >= 11 is 0. The number of carbonyl (C=O) groups excluding carboxylic acids is 3. The van der Waals surface area contributed by atoms with Crippen LogP contribution in [0.15, 0.2) is 54.9 Å². The van der Waals surface area contributed by atoms with E-state index in [0.717, 1.165) is 21.9 Å². The number of amides is 4. The number of hydrogen-bond donors (Lipinski definition) is 2. The summed E-state index contributed by atoms with van der Waals surface area (Å²) in [4.78, 5) is 43.4. The molecule has 0 aliphatic carbocycles. The number of aromatic nitrogens is 1. The Morgan fingerprint density at radius 3 is 2.85 bits per heavy atom. The van der Waals surface area contributed by atoms with E-state index >= 15 is 0 Å². The molecule has 2 aliphatic rings. The Labute approximate surface area is 189 Å². The standard InChI is InChI=1S/C25H20N4O4/c1-33-19-6-5-18-15-29(22(30)21(18)13-19)12-10-25(23(31)27-24(32)28-25)9-7-16-3-2-4-17-14-26-11-8-20(16)17/h2-6,8,11,13-14H,10,12,15H2,1H3,(H2,27,28,31,32). The normalized spacial score (nSPS) is 19.1. The molecular formula is C25H20N4O4. The highest BCUT2D eigenvalue weighted by Gasteiger charge is 2.45. The topological polar surface area (TPSA) is 101 Å². The van der Waals surface area contributed by atoms with Crippen molar-refractivity contribution in [1.82, 2.24) is 20.5 Å². The molecule has 0 spiro atoms. The minimum Gasteiger partial charge on any atom is -0.497 e. The van der Waals surface area contributed by atoms with Gasteiger partial charge in [0.25, 0.3) is 11.8 Å². The molecule has 2 aliphatic heterocycles. The van der Waals surface area contributed by atoms with E-state index in [-0.39, 0.29) is 18.9 Å². The van der Waals surface area contributed by atoms with Crippen molar-refractivity contribution in [3.63, 3.8) is 0 Å². The number of fused-ring (bicyclic) bond motifs is 2. The molecule has 1 unspecified atom stereocenters. The molecule has 3 heterocycles. The Morgan fingerprint density at radius 1 is 1.18 bits per heavy atom. The van der Waals surface area contributed by atoms with Gasteiger partial charge in [-0.15, -0.1) is 0 Å². The molecule has 1 fully saturated rings. The SMILES string of the molecule is COc1ccc2c(c1)C(=O)N(CCC1(C#Cc3cccc4cnccc34)NC(=O)NC1=O)C2. The van der Waals surface area contributed by atoms with Gasteiger partial charge in [0.1, 0.15) is 5.75 Å². The summed E-state index contributed by atoms with van der Waals surface area (Å²) in [5.74, 6) is 6.01. The second-order valence-corrected chi connectivity index (χ2v) is 7.97. The Hall–Kier alpha value is -4.38. The fraction of sp³-hybridized carbons (Fsp3) is 0.200. The van der Waals surface area contributed by atoms with Crippen LogP contribution in [-0.4, -0.2) is 46.9 Å². The molecule has 1 saturated heterocycles. The zero-order valence-electron chi connectivity index (χ0n) is 17.8. The molecule has 164 valence electrons. The third kappa shape index (κ3) is 3.64. The van der Waals surface area contributed by atoms with Crippen LogP contribution in [0.25, 0.3) is 10.8 Å². The van der Waals surface area contributed by atoms with Gasteiger partial charge in [-0.25, -0.2) is 4.79 Å².